The van der Waals surface area contributed by atoms with Gasteiger partial charge in [0.15, 0.2) is 39.9 Å². The molecule has 0 aromatic heterocycles. The third-order valence-electron chi connectivity index (χ3n) is 14.1. The van der Waals surface area contributed by atoms with Gasteiger partial charge in [0.2, 0.25) is 5.82 Å². The second kappa shape index (κ2) is 36.4. The molecule has 430 valence electrons. The molecular weight excluding hydrogens is 1030 g/mol. The van der Waals surface area contributed by atoms with Crippen molar-refractivity contribution in [3.8, 4) is 0 Å². The van der Waals surface area contributed by atoms with E-state index in [0.29, 0.717) is 13.1 Å². The van der Waals surface area contributed by atoms with E-state index in [4.69, 9.17) is 0 Å². The second-order valence-electron chi connectivity index (χ2n) is 24.4. The fourth-order valence-corrected chi connectivity index (χ4v) is 18.3. The van der Waals surface area contributed by atoms with Gasteiger partial charge in [-0.25, -0.2) is 22.0 Å². The van der Waals surface area contributed by atoms with Gasteiger partial charge in [-0.15, -0.1) is 0 Å². The normalized spacial score (nSPS) is 12.5. The molecule has 0 saturated heterocycles. The molecule has 0 fully saturated rings. The minimum Gasteiger partial charge on any atom is -0.334 e. The van der Waals surface area contributed by atoms with Gasteiger partial charge in [-0.3, -0.25) is 0 Å². The van der Waals surface area contributed by atoms with Crippen LogP contribution in [0.25, 0.3) is 0 Å². The van der Waals surface area contributed by atoms with E-state index in [2.05, 4.69) is 251 Å². The Hall–Kier alpha value is -0.752. The number of hydrogen-bond acceptors (Lipinski definition) is 9. The number of rotatable bonds is 18. The highest BCUT2D eigenvalue weighted by Crippen LogP contribution is 2.23. The van der Waals surface area contributed by atoms with Gasteiger partial charge < -0.3 is 42.7 Å². The summed E-state index contributed by atoms with van der Waals surface area (Å²) < 4.78 is 83.4. The first-order valence-corrected chi connectivity index (χ1v) is 48.5. The van der Waals surface area contributed by atoms with Gasteiger partial charge in [0.25, 0.3) is 0 Å². The summed E-state index contributed by atoms with van der Waals surface area (Å²) >= 11 is 0. The summed E-state index contributed by atoms with van der Waals surface area (Å²) in [5.74, 6) is -9.27. The molecule has 2 aromatic rings. The molecule has 72 heavy (non-hydrogen) atoms. The van der Waals surface area contributed by atoms with Crippen molar-refractivity contribution >= 4 is 63.0 Å². The Morgan fingerprint density at radius 1 is 0.417 bits per heavy atom. The molecule has 0 aliphatic heterocycles. The number of nitrogens with one attached hydrogen (secondary N) is 1. The van der Waals surface area contributed by atoms with Gasteiger partial charge in [-0.1, -0.05) is 156 Å². The zero-order valence-corrected chi connectivity index (χ0v) is 59.9. The Morgan fingerprint density at radius 2 is 0.708 bits per heavy atom. The van der Waals surface area contributed by atoms with Crippen LogP contribution < -0.4 is 15.9 Å². The second-order valence-corrected chi connectivity index (χ2v) is 58.5. The molecule has 21 heteroatoms. The van der Waals surface area contributed by atoms with Crippen molar-refractivity contribution in [1.82, 2.24) is 36.9 Å². The predicted molar refractivity (Wildman–Crippen MR) is 333 cm³/mol. The number of halogens is 5. The number of nitrogens with two attached hydrogens (primary N) is 1. The van der Waals surface area contributed by atoms with E-state index >= 15 is 0 Å². The zero-order valence-electron chi connectivity index (χ0n) is 52.9. The third kappa shape index (κ3) is 32.1. The van der Waals surface area contributed by atoms with Crippen LogP contribution in [0.3, 0.4) is 0 Å². The van der Waals surface area contributed by atoms with E-state index in [1.165, 1.54) is 37.8 Å². The Balaban J connectivity index is -0.000000255. The van der Waals surface area contributed by atoms with Gasteiger partial charge >= 0.3 is 0 Å². The molecule has 2 rings (SSSR count). The summed E-state index contributed by atoms with van der Waals surface area (Å²) in [5, 5.41) is -0.660. The van der Waals surface area contributed by atoms with Crippen LogP contribution in [0.2, 0.25) is 123 Å². The summed E-state index contributed by atoms with van der Waals surface area (Å²) in [7, 11) is 14.0. The molecule has 9 nitrogen and oxygen atoms in total. The smallest absolute Gasteiger partial charge is 0.200 e. The molecule has 2 aromatic carbocycles. The van der Waals surface area contributed by atoms with E-state index in [1.807, 2.05) is 0 Å². The molecule has 0 spiro atoms. The largest absolute Gasteiger partial charge is 0.334 e. The zero-order chi connectivity index (χ0) is 58.8. The molecule has 0 bridgehead atoms. The summed E-state index contributed by atoms with van der Waals surface area (Å²) in [5.41, 5.74) is 5.87. The lowest BCUT2D eigenvalue weighted by Crippen LogP contribution is -2.60. The molecule has 0 heterocycles. The molecule has 0 aliphatic rings. The first-order valence-electron chi connectivity index (χ1n) is 26.0. The van der Waals surface area contributed by atoms with E-state index < -0.39 is 92.1 Å². The Labute approximate surface area is 451 Å². The van der Waals surface area contributed by atoms with E-state index in [0.717, 1.165) is 6.54 Å². The van der Waals surface area contributed by atoms with E-state index in [9.17, 15) is 22.0 Å². The van der Waals surface area contributed by atoms with Crippen molar-refractivity contribution in [2.24, 2.45) is 5.73 Å². The van der Waals surface area contributed by atoms with Crippen molar-refractivity contribution < 1.29 is 22.0 Å². The van der Waals surface area contributed by atoms with Crippen LogP contribution in [-0.4, -0.2) is 193 Å². The maximum Gasteiger partial charge on any atom is 0.200 e. The van der Waals surface area contributed by atoms with Gasteiger partial charge in [0.05, 0.1) is 0 Å². The summed E-state index contributed by atoms with van der Waals surface area (Å²) in [6, 6.07) is 13.4. The van der Waals surface area contributed by atoms with Gasteiger partial charge in [0.1, 0.15) is 41.2 Å². The van der Waals surface area contributed by atoms with Crippen molar-refractivity contribution in [2.45, 2.75) is 158 Å². The van der Waals surface area contributed by atoms with Crippen LogP contribution >= 0.6 is 0 Å². The molecule has 0 unspecified atom stereocenters. The summed E-state index contributed by atoms with van der Waals surface area (Å²) in [4.78, 5) is 3.58. The molecule has 0 saturated carbocycles. The van der Waals surface area contributed by atoms with Crippen molar-refractivity contribution in [2.75, 3.05) is 104 Å². The Bertz CT molecular complexity index is 1640. The van der Waals surface area contributed by atoms with Crippen molar-refractivity contribution in [3.05, 3.63) is 65.0 Å². The monoisotopic (exact) mass is 1150 g/mol. The summed E-state index contributed by atoms with van der Waals surface area (Å²) in [6.07, 6.45) is 0. The van der Waals surface area contributed by atoms with Crippen molar-refractivity contribution in [1.29, 1.82) is 0 Å². The van der Waals surface area contributed by atoms with Crippen LogP contribution in [0, 0.1) is 29.1 Å². The standard InChI is InChI=1S/C12H16F5NSi.C10H28N2Si2.C10H17NSi.C7H19NSi.C6H18N2Si.C5H15NSi.CH5N/c1-5-18(6-2)19(3,4)12-10(16)8(14)7(13)9(15)11(12)17;1-11(2)13(5,6)9-10-14(7,8)12(3)4;1-12(2,3)11-9-10-7-5-4-6-8-10;1-6-8(7-2)9(3,4)5;1-7(2)9(5,6)8(3)4;1-6(2)7(3,4)5;1-2/h5-6H2,1-4H3;9-10H2,1-8H3;4-8,11H,9H2,1-3H3;6-7H2,1-5H3;1-6H3;1-5H3;2H2,1H3. The lowest BCUT2D eigenvalue weighted by molar-refractivity contribution is 0.381. The Morgan fingerprint density at radius 3 is 0.903 bits per heavy atom. The molecule has 0 atom stereocenters. The van der Waals surface area contributed by atoms with Crippen LogP contribution in [-0.2, 0) is 6.54 Å². The third-order valence-corrected chi connectivity index (χ3v) is 37.0. The first-order chi connectivity index (χ1) is 32.2. The highest BCUT2D eigenvalue weighted by atomic mass is 28.4. The van der Waals surface area contributed by atoms with E-state index in [1.54, 1.807) is 31.5 Å². The van der Waals surface area contributed by atoms with Crippen LogP contribution in [0.4, 0.5) is 22.0 Å². The van der Waals surface area contributed by atoms with Gasteiger partial charge in [-0.05, 0) is 134 Å². The minimum absolute atomic E-state index is 0.481. The molecular formula is C51H118F5N9Si7. The van der Waals surface area contributed by atoms with Crippen LogP contribution in [0.5, 0.6) is 0 Å². The highest BCUT2D eigenvalue weighted by molar-refractivity contribution is 6.87. The fraction of sp³-hybridized carbons (Fsp3) is 0.765. The van der Waals surface area contributed by atoms with Crippen LogP contribution in [0.15, 0.2) is 30.3 Å². The summed E-state index contributed by atoms with van der Waals surface area (Å²) in [6.45, 7) is 51.2. The van der Waals surface area contributed by atoms with Crippen molar-refractivity contribution in [3.63, 3.8) is 0 Å². The molecule has 0 aliphatic carbocycles. The molecule has 0 amide bonds. The molecule has 0 radical (unpaired) electrons. The van der Waals surface area contributed by atoms with Gasteiger partial charge in [-0.2, -0.15) is 0 Å². The fourth-order valence-electron chi connectivity index (χ4n) is 5.91. The minimum atomic E-state index is -2.95. The number of hydrogen-bond donors (Lipinski definition) is 2. The average Bonchev–Trinajstić information content (AvgIpc) is 3.25. The predicted octanol–water partition coefficient (Wildman–Crippen LogP) is 12.2. The van der Waals surface area contributed by atoms with Crippen LogP contribution in [0.1, 0.15) is 33.3 Å². The maximum absolute atomic E-state index is 13.8. The Kier molecular flexibility index (Phi) is 40.5. The molecule has 3 N–H and O–H groups in total. The van der Waals surface area contributed by atoms with E-state index in [-0.39, 0.29) is 0 Å². The number of nitrogens with zero attached hydrogens (tertiary/aromatic N) is 7. The quantitative estimate of drug-likeness (QED) is 0.0658. The first kappa shape index (κ1) is 80.1. The SMILES string of the molecule is CCN(CC)[Si](C)(C)C.CCN(CC)[Si](C)(C)c1c(F)c(F)c(F)c(F)c1F.CN.CN(C)[Si](C)(C)C.CN(C)[Si](C)(C)CC[Si](C)(C)N(C)C.CN(C)[Si](C)(C)N(C)C.C[Si](C)(C)NCc1ccccc1. The lowest BCUT2D eigenvalue weighted by Gasteiger charge is -2.36. The number of benzene rings is 2. The topological polar surface area (TPSA) is 60.7 Å². The maximum atomic E-state index is 13.8. The van der Waals surface area contributed by atoms with Gasteiger partial charge in [0, 0.05) is 11.7 Å². The average molecular weight is 1150 g/mol. The highest BCUT2D eigenvalue weighted by Gasteiger charge is 2.40. The lowest BCUT2D eigenvalue weighted by atomic mass is 10.2.